The Hall–Kier alpha value is -2.82. The Bertz CT molecular complexity index is 847. The van der Waals surface area contributed by atoms with Gasteiger partial charge in [0.05, 0.1) is 0 Å². The molecule has 5 heteroatoms. The van der Waals surface area contributed by atoms with E-state index in [1.165, 1.54) is 6.08 Å². The highest BCUT2D eigenvalue weighted by Gasteiger charge is 2.32. The van der Waals surface area contributed by atoms with Gasteiger partial charge in [0.1, 0.15) is 12.3 Å². The van der Waals surface area contributed by atoms with Crippen molar-refractivity contribution >= 4 is 17.4 Å². The Balaban J connectivity index is 1.87. The minimum atomic E-state index is -0.448. The number of carbonyl (C=O) groups excluding carboxylic acids is 2. The third kappa shape index (κ3) is 3.29. The van der Waals surface area contributed by atoms with E-state index < -0.39 is 5.97 Å². The number of Topliss-reactive ketones (excluding diaryl/α,β-unsaturated/α-hetero) is 1. The predicted molar refractivity (Wildman–Crippen MR) is 102 cm³/mol. The fraction of sp³-hybridized carbons (Fsp3) is 0.333. The van der Waals surface area contributed by atoms with Crippen molar-refractivity contribution in [1.29, 1.82) is 0 Å². The van der Waals surface area contributed by atoms with E-state index in [4.69, 9.17) is 4.74 Å². The smallest absolute Gasteiger partial charge is 0.355 e. The molecule has 1 heterocycles. The van der Waals surface area contributed by atoms with Crippen LogP contribution < -0.4 is 4.90 Å². The summed E-state index contributed by atoms with van der Waals surface area (Å²) >= 11 is 0. The molecule has 1 aromatic carbocycles. The van der Waals surface area contributed by atoms with Crippen LogP contribution in [0.1, 0.15) is 50.0 Å². The number of nitrogens with one attached hydrogen (secondary N) is 1. The summed E-state index contributed by atoms with van der Waals surface area (Å²) in [5.41, 5.74) is 4.79. The van der Waals surface area contributed by atoms with Crippen molar-refractivity contribution in [3.8, 4) is 0 Å². The molecule has 136 valence electrons. The summed E-state index contributed by atoms with van der Waals surface area (Å²) in [4.78, 5) is 30.1. The van der Waals surface area contributed by atoms with E-state index in [1.54, 1.807) is 6.92 Å². The Morgan fingerprint density at radius 3 is 2.62 bits per heavy atom. The number of hydrogen-bond acceptors (Lipinski definition) is 4. The molecule has 0 amide bonds. The number of aromatic nitrogens is 1. The molecule has 1 aromatic heterocycles. The number of hydrogen-bond donors (Lipinski definition) is 1. The molecule has 0 radical (unpaired) electrons. The summed E-state index contributed by atoms with van der Waals surface area (Å²) in [5, 5.41) is 0. The largest absolute Gasteiger partial charge is 0.457 e. The second-order valence-corrected chi connectivity index (χ2v) is 6.88. The maximum atomic E-state index is 12.7. The molecule has 1 N–H and O–H groups in total. The molecule has 0 bridgehead atoms. The van der Waals surface area contributed by atoms with Crippen LogP contribution in [-0.2, 0) is 11.2 Å². The number of ether oxygens (including phenoxy) is 1. The van der Waals surface area contributed by atoms with Gasteiger partial charge in [-0.1, -0.05) is 24.8 Å². The van der Waals surface area contributed by atoms with Crippen LogP contribution in [0.3, 0.4) is 0 Å². The second-order valence-electron chi connectivity index (χ2n) is 6.88. The molecule has 0 saturated carbocycles. The number of aromatic amines is 1. The second kappa shape index (κ2) is 7.20. The van der Waals surface area contributed by atoms with Crippen LogP contribution in [-0.4, -0.2) is 37.4 Å². The molecule has 26 heavy (non-hydrogen) atoms. The fourth-order valence-electron chi connectivity index (χ4n) is 3.52. The van der Waals surface area contributed by atoms with Crippen molar-refractivity contribution in [2.75, 3.05) is 25.6 Å². The number of nitrogens with zero attached hydrogens (tertiary/aromatic N) is 1. The minimum Gasteiger partial charge on any atom is -0.457 e. The van der Waals surface area contributed by atoms with Crippen LogP contribution in [0.2, 0.25) is 0 Å². The maximum Gasteiger partial charge on any atom is 0.355 e. The van der Waals surface area contributed by atoms with Crippen LogP contribution >= 0.6 is 0 Å². The lowest BCUT2D eigenvalue weighted by Gasteiger charge is -2.23. The van der Waals surface area contributed by atoms with Gasteiger partial charge in [0.25, 0.3) is 0 Å². The zero-order valence-electron chi connectivity index (χ0n) is 15.5. The van der Waals surface area contributed by atoms with Gasteiger partial charge in [-0.05, 0) is 42.5 Å². The van der Waals surface area contributed by atoms with Crippen molar-refractivity contribution in [1.82, 2.24) is 4.98 Å². The number of H-pyrrole nitrogens is 1. The molecule has 0 saturated heterocycles. The van der Waals surface area contributed by atoms with Crippen molar-refractivity contribution in [2.24, 2.45) is 0 Å². The monoisotopic (exact) mass is 352 g/mol. The maximum absolute atomic E-state index is 12.7. The Kier molecular flexibility index (Phi) is 4.98. The molecular weight excluding hydrogens is 328 g/mol. The highest BCUT2D eigenvalue weighted by Crippen LogP contribution is 2.35. The number of ketones is 1. The van der Waals surface area contributed by atoms with Crippen LogP contribution in [0, 0.1) is 6.92 Å². The Morgan fingerprint density at radius 2 is 2.00 bits per heavy atom. The number of fused-ring (bicyclic) bond motifs is 1. The highest BCUT2D eigenvalue weighted by molar-refractivity contribution is 6.03. The fourth-order valence-corrected chi connectivity index (χ4v) is 3.52. The van der Waals surface area contributed by atoms with Crippen LogP contribution in [0.4, 0.5) is 5.69 Å². The average molecular weight is 352 g/mol. The zero-order chi connectivity index (χ0) is 18.8. The van der Waals surface area contributed by atoms with E-state index in [2.05, 4.69) is 35.8 Å². The topological polar surface area (TPSA) is 62.4 Å². The average Bonchev–Trinajstić information content (AvgIpc) is 2.97. The number of esters is 1. The first kappa shape index (κ1) is 18.0. The lowest BCUT2D eigenvalue weighted by atomic mass is 9.81. The lowest BCUT2D eigenvalue weighted by molar-refractivity contribution is 0.0542. The van der Waals surface area contributed by atoms with Crippen LogP contribution in [0.5, 0.6) is 0 Å². The highest BCUT2D eigenvalue weighted by atomic mass is 16.5. The van der Waals surface area contributed by atoms with E-state index in [0.717, 1.165) is 16.9 Å². The van der Waals surface area contributed by atoms with Gasteiger partial charge in [0.15, 0.2) is 5.78 Å². The zero-order valence-corrected chi connectivity index (χ0v) is 15.5. The van der Waals surface area contributed by atoms with E-state index >= 15 is 0 Å². The summed E-state index contributed by atoms with van der Waals surface area (Å²) in [6, 6.07) is 8.28. The van der Waals surface area contributed by atoms with Crippen molar-refractivity contribution in [3.63, 3.8) is 0 Å². The van der Waals surface area contributed by atoms with E-state index in [1.807, 2.05) is 19.0 Å². The first-order valence-electron chi connectivity index (χ1n) is 8.72. The molecule has 3 rings (SSSR count). The standard InChI is InChI=1S/C21H24N2O3/c1-5-10-26-21(25)20-13(2)19-17(22-20)11-15(12-18(19)24)14-6-8-16(9-7-14)23(3)4/h5-9,15,22H,1,10-12H2,2-4H3. The SMILES string of the molecule is C=CCOC(=O)c1[nH]c2c(c1C)C(=O)CC(c1ccc(N(C)C)cc1)C2. The third-order valence-corrected chi connectivity index (χ3v) is 4.91. The normalized spacial score (nSPS) is 16.1. The van der Waals surface area contributed by atoms with Crippen molar-refractivity contribution < 1.29 is 14.3 Å². The first-order valence-corrected chi connectivity index (χ1v) is 8.72. The van der Waals surface area contributed by atoms with Gasteiger partial charge in [0.2, 0.25) is 0 Å². The van der Waals surface area contributed by atoms with Crippen LogP contribution in [0.25, 0.3) is 0 Å². The van der Waals surface area contributed by atoms with Gasteiger partial charge in [-0.3, -0.25) is 4.79 Å². The minimum absolute atomic E-state index is 0.0736. The van der Waals surface area contributed by atoms with E-state index in [9.17, 15) is 9.59 Å². The summed E-state index contributed by atoms with van der Waals surface area (Å²) in [6.45, 7) is 5.49. The van der Waals surface area contributed by atoms with E-state index in [-0.39, 0.29) is 18.3 Å². The predicted octanol–water partition coefficient (Wildman–Crippen LogP) is 3.64. The quantitative estimate of drug-likeness (QED) is 0.659. The summed E-state index contributed by atoms with van der Waals surface area (Å²) in [5.74, 6) is -0.262. The van der Waals surface area contributed by atoms with Gasteiger partial charge >= 0.3 is 5.97 Å². The van der Waals surface area contributed by atoms with E-state index in [0.29, 0.717) is 29.7 Å². The Labute approximate surface area is 153 Å². The lowest BCUT2D eigenvalue weighted by Crippen LogP contribution is -2.18. The molecule has 0 aliphatic heterocycles. The first-order chi connectivity index (χ1) is 12.4. The molecule has 1 atom stereocenters. The molecule has 1 aliphatic carbocycles. The Morgan fingerprint density at radius 1 is 1.31 bits per heavy atom. The van der Waals surface area contributed by atoms with Crippen molar-refractivity contribution in [2.45, 2.75) is 25.7 Å². The summed E-state index contributed by atoms with van der Waals surface area (Å²) < 4.78 is 5.11. The molecule has 2 aromatic rings. The molecule has 5 nitrogen and oxygen atoms in total. The molecule has 1 unspecified atom stereocenters. The number of rotatable bonds is 5. The molecule has 0 spiro atoms. The number of carbonyl (C=O) groups is 2. The van der Waals surface area contributed by atoms with Gasteiger partial charge in [0, 0.05) is 37.5 Å². The van der Waals surface area contributed by atoms with Gasteiger partial charge in [-0.25, -0.2) is 4.79 Å². The summed E-state index contributed by atoms with van der Waals surface area (Å²) in [6.07, 6.45) is 2.68. The molecule has 0 fully saturated rings. The van der Waals surface area contributed by atoms with Gasteiger partial charge in [-0.2, -0.15) is 0 Å². The van der Waals surface area contributed by atoms with Gasteiger partial charge in [-0.15, -0.1) is 0 Å². The number of benzene rings is 1. The molecule has 1 aliphatic rings. The van der Waals surface area contributed by atoms with Crippen molar-refractivity contribution in [3.05, 3.63) is 65.0 Å². The summed E-state index contributed by atoms with van der Waals surface area (Å²) in [7, 11) is 4.00. The van der Waals surface area contributed by atoms with Gasteiger partial charge < -0.3 is 14.6 Å². The van der Waals surface area contributed by atoms with Crippen LogP contribution in [0.15, 0.2) is 36.9 Å². The third-order valence-electron chi connectivity index (χ3n) is 4.91. The number of anilines is 1. The molecular formula is C21H24N2O3.